The van der Waals surface area contributed by atoms with Crippen molar-refractivity contribution < 1.29 is 33.3 Å². The Hall–Kier alpha value is -2.15. The number of aromatic nitrogens is 4. The van der Waals surface area contributed by atoms with E-state index in [1.807, 2.05) is 30.3 Å². The average molecular weight is 526 g/mol. The van der Waals surface area contributed by atoms with Crippen LogP contribution in [0.25, 0.3) is 11.2 Å². The number of anilines is 1. The Kier molecular flexibility index (Phi) is 6.58. The largest absolute Gasteiger partial charge is 0.366 e. The molecule has 0 spiro atoms. The summed E-state index contributed by atoms with van der Waals surface area (Å²) < 4.78 is 36.4. The van der Waals surface area contributed by atoms with Gasteiger partial charge < -0.3 is 34.1 Å². The van der Waals surface area contributed by atoms with Gasteiger partial charge in [-0.25, -0.2) is 4.98 Å². The lowest BCUT2D eigenvalue weighted by Gasteiger charge is -2.24. The van der Waals surface area contributed by atoms with Crippen LogP contribution in [0.5, 0.6) is 0 Å². The molecule has 0 saturated carbocycles. The van der Waals surface area contributed by atoms with Crippen LogP contribution in [0.3, 0.4) is 0 Å². The third kappa shape index (κ3) is 5.35. The number of nitrogens with one attached hydrogen (secondary N) is 1. The van der Waals surface area contributed by atoms with Gasteiger partial charge in [0.1, 0.15) is 24.7 Å². The number of nitrogens with zero attached hydrogens (tertiary/aromatic N) is 4. The fourth-order valence-corrected chi connectivity index (χ4v) is 4.79. The Labute approximate surface area is 205 Å². The lowest BCUT2D eigenvalue weighted by molar-refractivity contribution is -0.201. The summed E-state index contributed by atoms with van der Waals surface area (Å²) in [6.07, 6.45) is -1.55. The van der Waals surface area contributed by atoms with Crippen LogP contribution in [0.1, 0.15) is 25.6 Å². The molecule has 2 fully saturated rings. The topological polar surface area (TPSA) is 150 Å². The van der Waals surface area contributed by atoms with Crippen LogP contribution in [0, 0.1) is 0 Å². The minimum Gasteiger partial charge on any atom is -0.366 e. The van der Waals surface area contributed by atoms with Gasteiger partial charge in [-0.1, -0.05) is 30.3 Å². The van der Waals surface area contributed by atoms with Crippen molar-refractivity contribution in [2.24, 2.45) is 0 Å². The smallest absolute Gasteiger partial charge is 0.350 e. The highest BCUT2D eigenvalue weighted by atomic mass is 35.5. The number of imidazole rings is 1. The molecule has 0 radical (unpaired) electrons. The molecule has 5 rings (SSSR count). The van der Waals surface area contributed by atoms with Crippen LogP contribution < -0.4 is 5.32 Å². The van der Waals surface area contributed by atoms with Crippen LogP contribution in [0.15, 0.2) is 36.7 Å². The Morgan fingerprint density at radius 2 is 1.94 bits per heavy atom. The Bertz CT molecular complexity index is 1250. The monoisotopic (exact) mass is 525 g/mol. The normalized spacial score (nSPS) is 25.7. The Balaban J connectivity index is 1.41. The van der Waals surface area contributed by atoms with Gasteiger partial charge in [-0.2, -0.15) is 9.97 Å². The summed E-state index contributed by atoms with van der Waals surface area (Å²) in [6.45, 7) is 4.00. The van der Waals surface area contributed by atoms with Crippen molar-refractivity contribution >= 4 is 36.2 Å². The highest BCUT2D eigenvalue weighted by molar-refractivity contribution is 7.51. The van der Waals surface area contributed by atoms with Gasteiger partial charge in [0.05, 0.1) is 12.9 Å². The third-order valence-electron chi connectivity index (χ3n) is 5.64. The number of benzene rings is 1. The molecule has 4 heterocycles. The Morgan fingerprint density at radius 3 is 2.69 bits per heavy atom. The summed E-state index contributed by atoms with van der Waals surface area (Å²) in [6, 6.07) is 9.83. The van der Waals surface area contributed by atoms with Crippen LogP contribution in [-0.4, -0.2) is 66.4 Å². The summed E-state index contributed by atoms with van der Waals surface area (Å²) in [5.74, 6) is -0.410. The third-order valence-corrected chi connectivity index (χ3v) is 6.33. The van der Waals surface area contributed by atoms with E-state index in [2.05, 4.69) is 20.3 Å². The van der Waals surface area contributed by atoms with Crippen molar-refractivity contribution in [3.63, 3.8) is 0 Å². The summed E-state index contributed by atoms with van der Waals surface area (Å²) in [7, 11) is -4.32. The molecule has 2 aliphatic heterocycles. The molecule has 1 aromatic carbocycles. The SMILES string of the molecule is CC1(C)O[C@@H]2[C@H](O1)[C@@H](COCP(=O)(O)O)O[C@H]2n1cnc2c(NCc3ccccc3)nc(Cl)nc21. The van der Waals surface area contributed by atoms with Crippen LogP contribution >= 0.6 is 19.2 Å². The van der Waals surface area contributed by atoms with Crippen molar-refractivity contribution in [3.8, 4) is 0 Å². The number of hydrogen-bond donors (Lipinski definition) is 3. The predicted molar refractivity (Wildman–Crippen MR) is 125 cm³/mol. The molecule has 0 aliphatic carbocycles. The van der Waals surface area contributed by atoms with Gasteiger partial charge in [-0.05, 0) is 31.0 Å². The highest BCUT2D eigenvalue weighted by Gasteiger charge is 2.56. The second-order valence-electron chi connectivity index (χ2n) is 8.80. The number of fused-ring (bicyclic) bond motifs is 2. The molecule has 3 N–H and O–H groups in total. The fraction of sp³-hybridized carbons (Fsp3) is 0.476. The van der Waals surface area contributed by atoms with Gasteiger partial charge in [0.2, 0.25) is 5.28 Å². The van der Waals surface area contributed by atoms with E-state index in [0.717, 1.165) is 5.56 Å². The van der Waals surface area contributed by atoms with Gasteiger partial charge in [0, 0.05) is 6.54 Å². The fourth-order valence-electron chi connectivity index (χ4n) is 4.29. The summed E-state index contributed by atoms with van der Waals surface area (Å²) in [4.78, 5) is 31.4. The number of ether oxygens (including phenoxy) is 4. The maximum absolute atomic E-state index is 11.2. The molecule has 2 aromatic heterocycles. The first-order valence-electron chi connectivity index (χ1n) is 10.9. The molecular formula is C21H25ClN5O7P. The first kappa shape index (κ1) is 24.5. The maximum atomic E-state index is 11.2. The molecule has 188 valence electrons. The first-order chi connectivity index (χ1) is 16.6. The van der Waals surface area contributed by atoms with Crippen molar-refractivity contribution in [1.82, 2.24) is 19.5 Å². The molecule has 2 saturated heterocycles. The van der Waals surface area contributed by atoms with E-state index in [4.69, 9.17) is 40.3 Å². The van der Waals surface area contributed by atoms with E-state index < -0.39 is 44.3 Å². The minimum absolute atomic E-state index is 0.0369. The second-order valence-corrected chi connectivity index (χ2v) is 10.7. The second kappa shape index (κ2) is 9.38. The standard InChI is InChI=1S/C21H25ClN5O7P/c1-21(2)33-15-13(9-31-11-35(28,29)30)32-19(16(15)34-21)27-10-24-14-17(25-20(22)26-18(14)27)23-8-12-6-4-3-5-7-12/h3-7,10,13,15-16,19H,8-9,11H2,1-2H3,(H,23,25,26)(H2,28,29,30)/t13-,15-,16-,19-/m1/s1. The number of hydrogen-bond acceptors (Lipinski definition) is 9. The molecule has 14 heteroatoms. The maximum Gasteiger partial charge on any atom is 0.350 e. The van der Waals surface area contributed by atoms with Crippen molar-refractivity contribution in [2.45, 2.75) is 50.7 Å². The van der Waals surface area contributed by atoms with Crippen molar-refractivity contribution in [2.75, 3.05) is 18.3 Å². The molecule has 4 atom stereocenters. The van der Waals surface area contributed by atoms with Gasteiger partial charge in [0.15, 0.2) is 29.0 Å². The van der Waals surface area contributed by atoms with E-state index in [0.29, 0.717) is 23.5 Å². The van der Waals surface area contributed by atoms with Crippen LogP contribution in [-0.2, 0) is 30.1 Å². The van der Waals surface area contributed by atoms with E-state index in [1.165, 1.54) is 0 Å². The van der Waals surface area contributed by atoms with E-state index >= 15 is 0 Å². The summed E-state index contributed by atoms with van der Waals surface area (Å²) >= 11 is 6.24. The molecule has 2 aliphatic rings. The van der Waals surface area contributed by atoms with Gasteiger partial charge in [-0.15, -0.1) is 0 Å². The van der Waals surface area contributed by atoms with Gasteiger partial charge in [-0.3, -0.25) is 9.13 Å². The van der Waals surface area contributed by atoms with Crippen molar-refractivity contribution in [1.29, 1.82) is 0 Å². The number of halogens is 1. The van der Waals surface area contributed by atoms with Gasteiger partial charge >= 0.3 is 7.60 Å². The minimum atomic E-state index is -4.32. The number of rotatable bonds is 8. The summed E-state index contributed by atoms with van der Waals surface area (Å²) in [5.41, 5.74) is 2.01. The van der Waals surface area contributed by atoms with Crippen molar-refractivity contribution in [3.05, 3.63) is 47.5 Å². The molecule has 35 heavy (non-hydrogen) atoms. The quantitative estimate of drug-likeness (QED) is 0.294. The van der Waals surface area contributed by atoms with Crippen LogP contribution in [0.4, 0.5) is 5.82 Å². The lowest BCUT2D eigenvalue weighted by atomic mass is 10.1. The zero-order valence-corrected chi connectivity index (χ0v) is 20.6. The van der Waals surface area contributed by atoms with E-state index in [9.17, 15) is 4.57 Å². The van der Waals surface area contributed by atoms with E-state index in [1.54, 1.807) is 24.7 Å². The van der Waals surface area contributed by atoms with Gasteiger partial charge in [0.25, 0.3) is 0 Å². The first-order valence-corrected chi connectivity index (χ1v) is 13.1. The Morgan fingerprint density at radius 1 is 1.20 bits per heavy atom. The molecule has 0 unspecified atom stereocenters. The molecule has 0 amide bonds. The molecule has 0 bridgehead atoms. The van der Waals surface area contributed by atoms with Crippen LogP contribution in [0.2, 0.25) is 5.28 Å². The molecular weight excluding hydrogens is 501 g/mol. The highest BCUT2D eigenvalue weighted by Crippen LogP contribution is 2.44. The van der Waals surface area contributed by atoms with E-state index in [-0.39, 0.29) is 11.9 Å². The molecule has 12 nitrogen and oxygen atoms in total. The average Bonchev–Trinajstić information content (AvgIpc) is 3.43. The zero-order valence-electron chi connectivity index (χ0n) is 18.9. The predicted octanol–water partition coefficient (Wildman–Crippen LogP) is 2.66. The zero-order chi connectivity index (χ0) is 24.8. The summed E-state index contributed by atoms with van der Waals surface area (Å²) in [5, 5.41) is 3.29. The lowest BCUT2D eigenvalue weighted by Crippen LogP contribution is -2.33. The molecule has 3 aromatic rings.